The topological polar surface area (TPSA) is 50.2 Å². The molecule has 2 aromatic heterocycles. The largest absolute Gasteiger partial charge is 0.512 e. The molecule has 2 heterocycles. The molecule has 0 bridgehead atoms. The van der Waals surface area contributed by atoms with Gasteiger partial charge in [-0.15, -0.1) is 46.2 Å². The molecule has 0 aliphatic carbocycles. The van der Waals surface area contributed by atoms with E-state index in [1.165, 1.54) is 46.0 Å². The first-order chi connectivity index (χ1) is 14.3. The molecular weight excluding hydrogens is 583 g/mol. The molecule has 0 aliphatic heterocycles. The van der Waals surface area contributed by atoms with Crippen molar-refractivity contribution in [3.63, 3.8) is 0 Å². The van der Waals surface area contributed by atoms with Crippen LogP contribution in [0.4, 0.5) is 0 Å². The van der Waals surface area contributed by atoms with Crippen molar-refractivity contribution in [1.82, 2.24) is 4.98 Å². The summed E-state index contributed by atoms with van der Waals surface area (Å²) < 4.78 is 1.22. The van der Waals surface area contributed by atoms with Gasteiger partial charge in [0.15, 0.2) is 5.78 Å². The van der Waals surface area contributed by atoms with Crippen molar-refractivity contribution >= 4 is 27.2 Å². The summed E-state index contributed by atoms with van der Waals surface area (Å²) in [6.45, 7) is 7.04. The van der Waals surface area contributed by atoms with Crippen molar-refractivity contribution in [2.45, 2.75) is 27.7 Å². The molecular formula is C26H24IrNO2S-. The number of fused-ring (bicyclic) bond motifs is 1. The maximum Gasteiger partial charge on any atom is 0.155 e. The van der Waals surface area contributed by atoms with Gasteiger partial charge in [0.05, 0.1) is 10.5 Å². The molecule has 0 atom stereocenters. The van der Waals surface area contributed by atoms with Crippen LogP contribution in [-0.2, 0) is 24.9 Å². The zero-order chi connectivity index (χ0) is 21.7. The van der Waals surface area contributed by atoms with Gasteiger partial charge in [0.2, 0.25) is 0 Å². The molecule has 0 amide bonds. The van der Waals surface area contributed by atoms with E-state index in [9.17, 15) is 4.79 Å². The van der Waals surface area contributed by atoms with Gasteiger partial charge in [-0.05, 0) is 36.6 Å². The number of hydrogen-bond acceptors (Lipinski definition) is 4. The van der Waals surface area contributed by atoms with Crippen LogP contribution in [0.5, 0.6) is 0 Å². The summed E-state index contributed by atoms with van der Waals surface area (Å²) in [6.07, 6.45) is 3.15. The van der Waals surface area contributed by atoms with E-state index in [1.807, 2.05) is 12.3 Å². The zero-order valence-electron chi connectivity index (χ0n) is 17.9. The van der Waals surface area contributed by atoms with Crippen LogP contribution in [0.1, 0.15) is 25.0 Å². The third-order valence-corrected chi connectivity index (χ3v) is 5.43. The number of benzene rings is 2. The molecule has 5 heteroatoms. The number of carbonyl (C=O) groups excluding carboxylic acids is 1. The van der Waals surface area contributed by atoms with Crippen LogP contribution >= 0.6 is 11.3 Å². The third-order valence-electron chi connectivity index (χ3n) is 4.30. The number of hydrogen-bond donors (Lipinski definition) is 1. The first kappa shape index (κ1) is 24.7. The number of ketones is 1. The summed E-state index contributed by atoms with van der Waals surface area (Å²) in [5.74, 6) is -0.0625. The van der Waals surface area contributed by atoms with Gasteiger partial charge >= 0.3 is 0 Å². The predicted molar refractivity (Wildman–Crippen MR) is 126 cm³/mol. The molecule has 3 nitrogen and oxygen atoms in total. The fourth-order valence-electron chi connectivity index (χ4n) is 3.17. The maximum absolute atomic E-state index is 10.0. The van der Waals surface area contributed by atoms with E-state index >= 15 is 0 Å². The maximum atomic E-state index is 10.0. The zero-order valence-corrected chi connectivity index (χ0v) is 21.1. The molecule has 0 saturated heterocycles. The fourth-order valence-corrected chi connectivity index (χ4v) is 4.18. The Balaban J connectivity index is 0.000000373. The van der Waals surface area contributed by atoms with Gasteiger partial charge in [0.1, 0.15) is 0 Å². The van der Waals surface area contributed by atoms with E-state index < -0.39 is 0 Å². The smallest absolute Gasteiger partial charge is 0.155 e. The number of thiophene rings is 1. The Labute approximate surface area is 200 Å². The van der Waals surface area contributed by atoms with Crippen LogP contribution in [0.25, 0.3) is 31.8 Å². The van der Waals surface area contributed by atoms with Crippen LogP contribution in [0.3, 0.4) is 0 Å². The van der Waals surface area contributed by atoms with Crippen LogP contribution in [0.2, 0.25) is 0 Å². The van der Waals surface area contributed by atoms with E-state index in [1.54, 1.807) is 11.3 Å². The number of allylic oxidation sites excluding steroid dienone is 2. The average molecular weight is 607 g/mol. The minimum atomic E-state index is -0.125. The number of rotatable bonds is 3. The van der Waals surface area contributed by atoms with Gasteiger partial charge in [0.25, 0.3) is 0 Å². The van der Waals surface area contributed by atoms with Gasteiger partial charge < -0.3 is 10.1 Å². The third kappa shape index (κ3) is 6.96. The molecule has 0 saturated carbocycles. The van der Waals surface area contributed by atoms with Gasteiger partial charge in [-0.2, -0.15) is 0 Å². The number of carbonyl (C=O) groups is 1. The number of aryl methyl sites for hydroxylation is 2. The number of aromatic nitrogens is 1. The first-order valence-corrected chi connectivity index (χ1v) is 10.5. The summed E-state index contributed by atoms with van der Waals surface area (Å²) >= 11 is 1.79. The van der Waals surface area contributed by atoms with Gasteiger partial charge in [-0.3, -0.25) is 4.79 Å². The number of pyridine rings is 1. The molecule has 4 aromatic rings. The number of aliphatic hydroxyl groups is 1. The van der Waals surface area contributed by atoms with Gasteiger partial charge in [0, 0.05) is 37.3 Å². The van der Waals surface area contributed by atoms with E-state index in [-0.39, 0.29) is 31.6 Å². The first-order valence-electron chi connectivity index (χ1n) is 9.65. The minimum absolute atomic E-state index is 0. The molecule has 31 heavy (non-hydrogen) atoms. The molecule has 0 spiro atoms. The van der Waals surface area contributed by atoms with Crippen LogP contribution in [0, 0.1) is 19.9 Å². The summed E-state index contributed by atoms with van der Waals surface area (Å²) in [4.78, 5) is 15.9. The summed E-state index contributed by atoms with van der Waals surface area (Å²) in [7, 11) is 0. The van der Waals surface area contributed by atoms with Crippen molar-refractivity contribution in [2.24, 2.45) is 0 Å². The molecule has 1 N–H and O–H groups in total. The van der Waals surface area contributed by atoms with Crippen molar-refractivity contribution < 1.29 is 30.0 Å². The Morgan fingerprint density at radius 2 is 1.77 bits per heavy atom. The van der Waals surface area contributed by atoms with E-state index in [0.29, 0.717) is 0 Å². The van der Waals surface area contributed by atoms with Crippen molar-refractivity contribution in [3.8, 4) is 21.7 Å². The van der Waals surface area contributed by atoms with E-state index in [2.05, 4.69) is 73.4 Å². The van der Waals surface area contributed by atoms with Gasteiger partial charge in [-0.1, -0.05) is 50.2 Å². The van der Waals surface area contributed by atoms with Crippen molar-refractivity contribution in [2.75, 3.05) is 0 Å². The van der Waals surface area contributed by atoms with Crippen molar-refractivity contribution in [3.05, 3.63) is 89.8 Å². The minimum Gasteiger partial charge on any atom is -0.512 e. The fraction of sp³-hybridized carbons (Fsp3) is 0.154. The Morgan fingerprint density at radius 1 is 1.06 bits per heavy atom. The standard InChI is InChI=1S/C21H16NS.C5H8O2.Ir/c1-14-8-15(2)10-17(9-14)19-11-18-12-20(23-21(18)13-22-19)16-6-4-3-5-7-16;1-4(6)3-5(2)7;/h3-9,11-13H,1-2H3;3,6H,1-2H3;/q-1;;. The Bertz CT molecular complexity index is 1190. The molecule has 161 valence electrons. The predicted octanol–water partition coefficient (Wildman–Crippen LogP) is 7.08. The number of nitrogens with zero attached hydrogens (tertiary/aromatic N) is 1. The second-order valence-electron chi connectivity index (χ2n) is 7.23. The monoisotopic (exact) mass is 607 g/mol. The van der Waals surface area contributed by atoms with E-state index in [0.717, 1.165) is 16.8 Å². The molecule has 0 aliphatic rings. The summed E-state index contributed by atoms with van der Waals surface area (Å²) in [5, 5.41) is 9.61. The SMILES string of the molecule is CC(=O)C=C(C)O.Cc1[c-]c(-c2cc3cc(-c4ccccc4)sc3cn2)cc(C)c1.[Ir]. The van der Waals surface area contributed by atoms with E-state index in [4.69, 9.17) is 5.11 Å². The second kappa shape index (κ2) is 11.1. The van der Waals surface area contributed by atoms with Crippen molar-refractivity contribution in [1.29, 1.82) is 0 Å². The summed E-state index contributed by atoms with van der Waals surface area (Å²) in [6, 6.07) is 22.6. The Hall–Kier alpha value is -2.59. The van der Waals surface area contributed by atoms with Crippen LogP contribution in [0.15, 0.2) is 72.6 Å². The van der Waals surface area contributed by atoms with Crippen LogP contribution in [-0.4, -0.2) is 15.9 Å². The van der Waals surface area contributed by atoms with Crippen LogP contribution < -0.4 is 0 Å². The molecule has 0 unspecified atom stereocenters. The molecule has 1 radical (unpaired) electrons. The molecule has 0 fully saturated rings. The molecule has 2 aromatic carbocycles. The van der Waals surface area contributed by atoms with Gasteiger partial charge in [-0.25, -0.2) is 0 Å². The Morgan fingerprint density at radius 3 is 2.35 bits per heavy atom. The Kier molecular flexibility index (Phi) is 8.87. The summed E-state index contributed by atoms with van der Waals surface area (Å²) in [5.41, 5.74) is 5.71. The average Bonchev–Trinajstić information content (AvgIpc) is 3.11. The normalized spacial score (nSPS) is 10.8. The number of aliphatic hydroxyl groups excluding tert-OH is 1. The molecule has 4 rings (SSSR count). The second-order valence-corrected chi connectivity index (χ2v) is 8.32. The quantitative estimate of drug-likeness (QED) is 0.154.